The quantitative estimate of drug-likeness (QED) is 0.795. The molecule has 0 bridgehead atoms. The lowest BCUT2D eigenvalue weighted by Gasteiger charge is -2.20. The average molecular weight is 247 g/mol. The summed E-state index contributed by atoms with van der Waals surface area (Å²) in [5, 5.41) is 3.37. The normalized spacial score (nSPS) is 14.5. The minimum absolute atomic E-state index is 0.205. The second-order valence-corrected chi connectivity index (χ2v) is 4.71. The van der Waals surface area contributed by atoms with Gasteiger partial charge in [0.2, 0.25) is 5.91 Å². The Kier molecular flexibility index (Phi) is 4.70. The number of rotatable bonds is 7. The Labute approximate surface area is 108 Å². The molecule has 1 aliphatic rings. The summed E-state index contributed by atoms with van der Waals surface area (Å²) >= 11 is 0. The van der Waals surface area contributed by atoms with Crippen LogP contribution in [0.2, 0.25) is 0 Å². The lowest BCUT2D eigenvalue weighted by Crippen LogP contribution is -2.33. The van der Waals surface area contributed by atoms with Crippen molar-refractivity contribution in [2.24, 2.45) is 0 Å². The third-order valence-corrected chi connectivity index (χ3v) is 3.16. The number of aromatic nitrogens is 1. The monoisotopic (exact) mass is 247 g/mol. The highest BCUT2D eigenvalue weighted by Gasteiger charge is 2.20. The highest BCUT2D eigenvalue weighted by molar-refractivity contribution is 5.76. The van der Waals surface area contributed by atoms with Gasteiger partial charge in [0, 0.05) is 31.7 Å². The van der Waals surface area contributed by atoms with Gasteiger partial charge in [0.1, 0.15) is 0 Å². The first-order valence-corrected chi connectivity index (χ1v) is 6.70. The molecule has 0 aliphatic heterocycles. The third kappa shape index (κ3) is 4.11. The maximum atomic E-state index is 12.0. The SMILES string of the molecule is CCN(Cc1ccccn1)C(=O)CCNC1CC1. The van der Waals surface area contributed by atoms with E-state index in [9.17, 15) is 4.79 Å². The Balaban J connectivity index is 1.77. The minimum atomic E-state index is 0.205. The van der Waals surface area contributed by atoms with Gasteiger partial charge in [-0.15, -0.1) is 0 Å². The van der Waals surface area contributed by atoms with Gasteiger partial charge in [0.15, 0.2) is 0 Å². The van der Waals surface area contributed by atoms with Crippen LogP contribution < -0.4 is 5.32 Å². The van der Waals surface area contributed by atoms with Crippen molar-refractivity contribution < 1.29 is 4.79 Å². The number of carbonyl (C=O) groups excluding carboxylic acids is 1. The van der Waals surface area contributed by atoms with Crippen molar-refractivity contribution in [1.82, 2.24) is 15.2 Å². The van der Waals surface area contributed by atoms with Crippen molar-refractivity contribution >= 4 is 5.91 Å². The van der Waals surface area contributed by atoms with E-state index < -0.39 is 0 Å². The van der Waals surface area contributed by atoms with E-state index >= 15 is 0 Å². The molecule has 0 unspecified atom stereocenters. The smallest absolute Gasteiger partial charge is 0.224 e. The number of carbonyl (C=O) groups is 1. The van der Waals surface area contributed by atoms with Crippen LogP contribution in [-0.2, 0) is 11.3 Å². The Bertz CT molecular complexity index is 376. The van der Waals surface area contributed by atoms with E-state index in [1.807, 2.05) is 30.0 Å². The summed E-state index contributed by atoms with van der Waals surface area (Å²) in [5.74, 6) is 0.205. The summed E-state index contributed by atoms with van der Waals surface area (Å²) < 4.78 is 0. The zero-order chi connectivity index (χ0) is 12.8. The summed E-state index contributed by atoms with van der Waals surface area (Å²) in [6, 6.07) is 6.47. The van der Waals surface area contributed by atoms with Gasteiger partial charge in [-0.25, -0.2) is 0 Å². The predicted octanol–water partition coefficient (Wildman–Crippen LogP) is 1.57. The molecule has 0 aromatic carbocycles. The molecule has 2 rings (SSSR count). The van der Waals surface area contributed by atoms with Crippen molar-refractivity contribution in [2.45, 2.75) is 38.8 Å². The predicted molar refractivity (Wildman–Crippen MR) is 71.0 cm³/mol. The third-order valence-electron chi connectivity index (χ3n) is 3.16. The lowest BCUT2D eigenvalue weighted by molar-refractivity contribution is -0.131. The van der Waals surface area contributed by atoms with E-state index in [0.717, 1.165) is 18.8 Å². The molecular formula is C14H21N3O. The molecule has 4 heteroatoms. The van der Waals surface area contributed by atoms with Crippen LogP contribution >= 0.6 is 0 Å². The van der Waals surface area contributed by atoms with Crippen LogP contribution in [0, 0.1) is 0 Å². The highest BCUT2D eigenvalue weighted by atomic mass is 16.2. The van der Waals surface area contributed by atoms with Crippen LogP contribution in [-0.4, -0.2) is 34.9 Å². The summed E-state index contributed by atoms with van der Waals surface area (Å²) in [6.45, 7) is 4.15. The minimum Gasteiger partial charge on any atom is -0.337 e. The fraction of sp³-hybridized carbons (Fsp3) is 0.571. The summed E-state index contributed by atoms with van der Waals surface area (Å²) in [5.41, 5.74) is 0.947. The van der Waals surface area contributed by atoms with Gasteiger partial charge in [-0.05, 0) is 31.9 Å². The fourth-order valence-corrected chi connectivity index (χ4v) is 1.89. The second-order valence-electron chi connectivity index (χ2n) is 4.71. The Morgan fingerprint density at radius 3 is 2.94 bits per heavy atom. The first-order chi connectivity index (χ1) is 8.79. The first kappa shape index (κ1) is 13.0. The van der Waals surface area contributed by atoms with E-state index in [-0.39, 0.29) is 5.91 Å². The van der Waals surface area contributed by atoms with E-state index in [0.29, 0.717) is 19.0 Å². The van der Waals surface area contributed by atoms with Crippen LogP contribution in [0.1, 0.15) is 31.9 Å². The molecule has 0 radical (unpaired) electrons. The summed E-state index contributed by atoms with van der Waals surface area (Å²) in [6.07, 6.45) is 4.87. The molecule has 0 spiro atoms. The van der Waals surface area contributed by atoms with Crippen LogP contribution in [0.25, 0.3) is 0 Å². The van der Waals surface area contributed by atoms with Crippen molar-refractivity contribution in [2.75, 3.05) is 13.1 Å². The molecule has 1 aromatic rings. The highest BCUT2D eigenvalue weighted by Crippen LogP contribution is 2.18. The number of hydrogen-bond acceptors (Lipinski definition) is 3. The Morgan fingerprint density at radius 2 is 2.33 bits per heavy atom. The molecule has 1 fully saturated rings. The second kappa shape index (κ2) is 6.50. The number of amides is 1. The zero-order valence-corrected chi connectivity index (χ0v) is 10.9. The van der Waals surface area contributed by atoms with E-state index in [4.69, 9.17) is 0 Å². The van der Waals surface area contributed by atoms with Gasteiger partial charge in [0.25, 0.3) is 0 Å². The molecule has 1 saturated carbocycles. The van der Waals surface area contributed by atoms with Crippen LogP contribution in [0.15, 0.2) is 24.4 Å². The van der Waals surface area contributed by atoms with Gasteiger partial charge in [-0.1, -0.05) is 6.07 Å². The van der Waals surface area contributed by atoms with Gasteiger partial charge < -0.3 is 10.2 Å². The van der Waals surface area contributed by atoms with Crippen molar-refractivity contribution in [3.63, 3.8) is 0 Å². The van der Waals surface area contributed by atoms with Gasteiger partial charge in [0.05, 0.1) is 12.2 Å². The molecule has 1 amide bonds. The maximum absolute atomic E-state index is 12.0. The maximum Gasteiger partial charge on any atom is 0.224 e. The van der Waals surface area contributed by atoms with Crippen LogP contribution in [0.3, 0.4) is 0 Å². The molecule has 18 heavy (non-hydrogen) atoms. The number of nitrogens with one attached hydrogen (secondary N) is 1. The fourth-order valence-electron chi connectivity index (χ4n) is 1.89. The summed E-state index contributed by atoms with van der Waals surface area (Å²) in [7, 11) is 0. The Hall–Kier alpha value is -1.42. The topological polar surface area (TPSA) is 45.2 Å². The van der Waals surface area contributed by atoms with Gasteiger partial charge >= 0.3 is 0 Å². The van der Waals surface area contributed by atoms with Crippen molar-refractivity contribution in [1.29, 1.82) is 0 Å². The standard InChI is InChI=1S/C14H21N3O/c1-2-17(11-13-5-3-4-9-15-13)14(18)8-10-16-12-6-7-12/h3-5,9,12,16H,2,6-8,10-11H2,1H3. The van der Waals surface area contributed by atoms with E-state index in [2.05, 4.69) is 10.3 Å². The first-order valence-electron chi connectivity index (χ1n) is 6.70. The van der Waals surface area contributed by atoms with Crippen LogP contribution in [0.5, 0.6) is 0 Å². The lowest BCUT2D eigenvalue weighted by atomic mass is 10.3. The summed E-state index contributed by atoms with van der Waals surface area (Å²) in [4.78, 5) is 18.2. The molecule has 98 valence electrons. The zero-order valence-electron chi connectivity index (χ0n) is 10.9. The molecular weight excluding hydrogens is 226 g/mol. The van der Waals surface area contributed by atoms with Crippen LogP contribution in [0.4, 0.5) is 0 Å². The van der Waals surface area contributed by atoms with E-state index in [1.54, 1.807) is 6.20 Å². The van der Waals surface area contributed by atoms with Crippen molar-refractivity contribution in [3.05, 3.63) is 30.1 Å². The van der Waals surface area contributed by atoms with Crippen molar-refractivity contribution in [3.8, 4) is 0 Å². The molecule has 0 atom stereocenters. The molecule has 1 aromatic heterocycles. The molecule has 4 nitrogen and oxygen atoms in total. The average Bonchev–Trinajstić information content (AvgIpc) is 3.21. The Morgan fingerprint density at radius 1 is 1.50 bits per heavy atom. The molecule has 0 saturated heterocycles. The number of nitrogens with zero attached hydrogens (tertiary/aromatic N) is 2. The van der Waals surface area contributed by atoms with Gasteiger partial charge in [-0.2, -0.15) is 0 Å². The molecule has 1 aliphatic carbocycles. The molecule has 1 heterocycles. The van der Waals surface area contributed by atoms with E-state index in [1.165, 1.54) is 12.8 Å². The number of pyridine rings is 1. The molecule has 1 N–H and O–H groups in total. The largest absolute Gasteiger partial charge is 0.337 e. The van der Waals surface area contributed by atoms with Gasteiger partial charge in [-0.3, -0.25) is 9.78 Å². The number of hydrogen-bond donors (Lipinski definition) is 1.